The van der Waals surface area contributed by atoms with Crippen LogP contribution in [0, 0.1) is 5.92 Å². The maximum Gasteiger partial charge on any atom is 0.0787 e. The molecular weight excluding hydrogens is 224 g/mol. The molecule has 0 bridgehead atoms. The van der Waals surface area contributed by atoms with Crippen LogP contribution in [0.5, 0.6) is 0 Å². The number of benzene rings is 1. The van der Waals surface area contributed by atoms with Crippen LogP contribution in [0.15, 0.2) is 36.7 Å². The first kappa shape index (κ1) is 13.0. The quantitative estimate of drug-likeness (QED) is 0.899. The molecule has 1 aromatic heterocycles. The maximum absolute atomic E-state index is 6.35. The number of rotatable bonds is 4. The maximum atomic E-state index is 6.35. The molecule has 2 unspecified atom stereocenters. The van der Waals surface area contributed by atoms with Crippen molar-refractivity contribution in [2.75, 3.05) is 7.11 Å². The number of pyridine rings is 1. The van der Waals surface area contributed by atoms with Gasteiger partial charge in [0.05, 0.1) is 12.1 Å². The minimum Gasteiger partial charge on any atom is -0.379 e. The Morgan fingerprint density at radius 2 is 1.89 bits per heavy atom. The average Bonchev–Trinajstić information content (AvgIpc) is 2.38. The second kappa shape index (κ2) is 5.46. The van der Waals surface area contributed by atoms with Crippen molar-refractivity contribution in [3.8, 4) is 0 Å². The molecule has 2 atom stereocenters. The second-order valence-electron chi connectivity index (χ2n) is 4.92. The van der Waals surface area contributed by atoms with Crippen LogP contribution in [-0.2, 0) is 4.74 Å². The smallest absolute Gasteiger partial charge is 0.0787 e. The molecule has 2 rings (SSSR count). The minimum atomic E-state index is -0.159. The molecule has 96 valence electrons. The average molecular weight is 244 g/mol. The van der Waals surface area contributed by atoms with E-state index in [1.165, 1.54) is 0 Å². The molecular formula is C15H20N2O. The summed E-state index contributed by atoms with van der Waals surface area (Å²) in [7, 11) is 1.71. The van der Waals surface area contributed by atoms with Crippen LogP contribution >= 0.6 is 0 Å². The Balaban J connectivity index is 2.47. The highest BCUT2D eigenvalue weighted by atomic mass is 16.5. The number of aromatic nitrogens is 1. The molecule has 3 heteroatoms. The summed E-state index contributed by atoms with van der Waals surface area (Å²) in [6.45, 7) is 4.24. The number of nitrogens with two attached hydrogens (primary N) is 1. The van der Waals surface area contributed by atoms with E-state index in [4.69, 9.17) is 10.5 Å². The molecule has 0 radical (unpaired) electrons. The number of hydrogen-bond donors (Lipinski definition) is 1. The molecule has 1 heterocycles. The van der Waals surface area contributed by atoms with Gasteiger partial charge in [-0.1, -0.05) is 38.1 Å². The third kappa shape index (κ3) is 2.37. The zero-order valence-electron chi connectivity index (χ0n) is 11.1. The Morgan fingerprint density at radius 3 is 2.56 bits per heavy atom. The first-order valence-electron chi connectivity index (χ1n) is 6.26. The Hall–Kier alpha value is -1.45. The fourth-order valence-electron chi connectivity index (χ4n) is 2.42. The van der Waals surface area contributed by atoms with Crippen molar-refractivity contribution < 1.29 is 4.74 Å². The zero-order valence-corrected chi connectivity index (χ0v) is 11.1. The largest absolute Gasteiger partial charge is 0.379 e. The van der Waals surface area contributed by atoms with Crippen LogP contribution < -0.4 is 5.73 Å². The Labute approximate surface area is 108 Å². The van der Waals surface area contributed by atoms with Gasteiger partial charge in [0.2, 0.25) is 0 Å². The van der Waals surface area contributed by atoms with E-state index in [0.717, 1.165) is 16.3 Å². The highest BCUT2D eigenvalue weighted by Gasteiger charge is 2.23. The van der Waals surface area contributed by atoms with Gasteiger partial charge in [-0.05, 0) is 16.9 Å². The SMILES string of the molecule is COC(C(C)C)C(N)c1cncc2ccccc12. The fraction of sp³-hybridized carbons (Fsp3) is 0.400. The Morgan fingerprint density at radius 1 is 1.17 bits per heavy atom. The normalized spacial score (nSPS) is 14.9. The summed E-state index contributed by atoms with van der Waals surface area (Å²) >= 11 is 0. The predicted molar refractivity (Wildman–Crippen MR) is 74.3 cm³/mol. The van der Waals surface area contributed by atoms with Crippen LogP contribution in [0.1, 0.15) is 25.5 Å². The molecule has 0 saturated heterocycles. The molecule has 1 aromatic carbocycles. The van der Waals surface area contributed by atoms with E-state index >= 15 is 0 Å². The van der Waals surface area contributed by atoms with E-state index in [9.17, 15) is 0 Å². The lowest BCUT2D eigenvalue weighted by Crippen LogP contribution is -2.32. The molecule has 0 amide bonds. The molecule has 0 fully saturated rings. The molecule has 2 aromatic rings. The van der Waals surface area contributed by atoms with Crippen molar-refractivity contribution in [2.24, 2.45) is 11.7 Å². The van der Waals surface area contributed by atoms with E-state index < -0.39 is 0 Å². The van der Waals surface area contributed by atoms with Gasteiger partial charge in [-0.15, -0.1) is 0 Å². The van der Waals surface area contributed by atoms with Gasteiger partial charge in [0.25, 0.3) is 0 Å². The van der Waals surface area contributed by atoms with Gasteiger partial charge in [-0.3, -0.25) is 4.98 Å². The van der Waals surface area contributed by atoms with Crippen LogP contribution in [0.2, 0.25) is 0 Å². The van der Waals surface area contributed by atoms with Gasteiger partial charge in [-0.2, -0.15) is 0 Å². The number of fused-ring (bicyclic) bond motifs is 1. The first-order valence-corrected chi connectivity index (χ1v) is 6.26. The summed E-state index contributed by atoms with van der Waals surface area (Å²) in [4.78, 5) is 4.27. The van der Waals surface area contributed by atoms with Crippen LogP contribution in [0.25, 0.3) is 10.8 Å². The molecule has 0 aliphatic heterocycles. The molecule has 2 N–H and O–H groups in total. The third-order valence-electron chi connectivity index (χ3n) is 3.34. The second-order valence-corrected chi connectivity index (χ2v) is 4.92. The van der Waals surface area contributed by atoms with Crippen molar-refractivity contribution in [1.82, 2.24) is 4.98 Å². The van der Waals surface area contributed by atoms with Crippen LogP contribution in [0.3, 0.4) is 0 Å². The number of methoxy groups -OCH3 is 1. The van der Waals surface area contributed by atoms with Gasteiger partial charge in [0.15, 0.2) is 0 Å². The molecule has 18 heavy (non-hydrogen) atoms. The lowest BCUT2D eigenvalue weighted by molar-refractivity contribution is 0.0440. The Bertz CT molecular complexity index is 519. The molecule has 0 aliphatic carbocycles. The van der Waals surface area contributed by atoms with E-state index in [-0.39, 0.29) is 12.1 Å². The van der Waals surface area contributed by atoms with Gasteiger partial charge >= 0.3 is 0 Å². The summed E-state index contributed by atoms with van der Waals surface area (Å²) in [5.41, 5.74) is 7.40. The summed E-state index contributed by atoms with van der Waals surface area (Å²) in [5, 5.41) is 2.27. The van der Waals surface area contributed by atoms with Crippen molar-refractivity contribution in [1.29, 1.82) is 0 Å². The van der Waals surface area contributed by atoms with Gasteiger partial charge in [-0.25, -0.2) is 0 Å². The zero-order chi connectivity index (χ0) is 13.1. The van der Waals surface area contributed by atoms with Crippen molar-refractivity contribution >= 4 is 10.8 Å². The predicted octanol–water partition coefficient (Wildman–Crippen LogP) is 2.91. The number of hydrogen-bond acceptors (Lipinski definition) is 3. The lowest BCUT2D eigenvalue weighted by atomic mass is 9.92. The van der Waals surface area contributed by atoms with Gasteiger partial charge in [0, 0.05) is 24.9 Å². The summed E-state index contributed by atoms with van der Waals surface area (Å²) in [6, 6.07) is 8.01. The summed E-state index contributed by atoms with van der Waals surface area (Å²) < 4.78 is 5.52. The monoisotopic (exact) mass is 244 g/mol. The van der Waals surface area contributed by atoms with Gasteiger partial charge in [0.1, 0.15) is 0 Å². The van der Waals surface area contributed by atoms with Gasteiger partial charge < -0.3 is 10.5 Å². The van der Waals surface area contributed by atoms with E-state index in [1.54, 1.807) is 7.11 Å². The number of ether oxygens (including phenoxy) is 1. The van der Waals surface area contributed by atoms with Crippen molar-refractivity contribution in [2.45, 2.75) is 26.0 Å². The lowest BCUT2D eigenvalue weighted by Gasteiger charge is -2.26. The highest BCUT2D eigenvalue weighted by Crippen LogP contribution is 2.27. The summed E-state index contributed by atoms with van der Waals surface area (Å²) in [5.74, 6) is 0.365. The summed E-state index contributed by atoms with van der Waals surface area (Å²) in [6.07, 6.45) is 3.71. The first-order chi connectivity index (χ1) is 8.65. The van der Waals surface area contributed by atoms with Crippen molar-refractivity contribution in [3.05, 3.63) is 42.2 Å². The third-order valence-corrected chi connectivity index (χ3v) is 3.34. The van der Waals surface area contributed by atoms with Crippen LogP contribution in [-0.4, -0.2) is 18.2 Å². The topological polar surface area (TPSA) is 48.1 Å². The molecule has 0 spiro atoms. The van der Waals surface area contributed by atoms with E-state index in [1.807, 2.05) is 24.5 Å². The molecule has 0 saturated carbocycles. The fourth-order valence-corrected chi connectivity index (χ4v) is 2.42. The van der Waals surface area contributed by atoms with E-state index in [0.29, 0.717) is 5.92 Å². The number of nitrogens with zero attached hydrogens (tertiary/aromatic N) is 1. The van der Waals surface area contributed by atoms with Crippen molar-refractivity contribution in [3.63, 3.8) is 0 Å². The highest BCUT2D eigenvalue weighted by molar-refractivity contribution is 5.85. The Kier molecular flexibility index (Phi) is 3.94. The molecule has 0 aliphatic rings. The van der Waals surface area contributed by atoms with Crippen LogP contribution in [0.4, 0.5) is 0 Å². The minimum absolute atomic E-state index is 0.00222. The molecule has 3 nitrogen and oxygen atoms in total. The van der Waals surface area contributed by atoms with E-state index in [2.05, 4.69) is 31.0 Å². The standard InChI is InChI=1S/C15H20N2O/c1-10(2)15(18-3)14(16)13-9-17-8-11-6-4-5-7-12(11)13/h4-10,14-15H,16H2,1-3H3.